The zero-order chi connectivity index (χ0) is 83.5. The van der Waals surface area contributed by atoms with Crippen molar-refractivity contribution >= 4 is 86.2 Å². The van der Waals surface area contributed by atoms with Crippen LogP contribution in [0.3, 0.4) is 0 Å². The van der Waals surface area contributed by atoms with Crippen molar-refractivity contribution in [2.75, 3.05) is 38.8 Å². The molecule has 48 heteroatoms. The van der Waals surface area contributed by atoms with Crippen LogP contribution in [0.1, 0.15) is 183 Å². The summed E-state index contributed by atoms with van der Waals surface area (Å²) in [5, 5.41) is 101. The first-order valence-corrected chi connectivity index (χ1v) is 32.6. The number of carbonyl (C=O) groups is 6. The Morgan fingerprint density at radius 1 is 0.699 bits per heavy atom. The summed E-state index contributed by atoms with van der Waals surface area (Å²) in [7, 11) is -2.08. The van der Waals surface area contributed by atoms with Gasteiger partial charge in [-0.3, -0.25) is 73.6 Å². The number of aromatic amines is 5. The van der Waals surface area contributed by atoms with Gasteiger partial charge in [-0.25, -0.2) is 0 Å². The summed E-state index contributed by atoms with van der Waals surface area (Å²) in [5.74, 6) is -1.60. The molecule has 0 saturated carbocycles. The summed E-state index contributed by atoms with van der Waals surface area (Å²) in [5.41, 5.74) is 6.04. The molecule has 15 N–H and O–H groups in total. The molecule has 0 unspecified atom stereocenters. The molecule has 1 aliphatic heterocycles. The average molecular weight is 1850 g/mol. The van der Waals surface area contributed by atoms with Gasteiger partial charge in [-0.05, 0) is 85.6 Å². The molecule has 7 heterocycles. The first-order valence-electron chi connectivity index (χ1n) is 31.6. The number of aryl methyl sites for hydroxylation is 1. The number of halogens is 3. The first kappa shape index (κ1) is 156. The smallest absolute Gasteiger partial charge is 1.00 e. The van der Waals surface area contributed by atoms with Crippen molar-refractivity contribution in [2.45, 2.75) is 154 Å². The third-order valence-corrected chi connectivity index (χ3v) is 9.45. The molecule has 0 amide bonds. The number of carboxylic acids is 2. The summed E-state index contributed by atoms with van der Waals surface area (Å²) in [4.78, 5) is 121. The number of aliphatic hydroxyl groups is 2. The minimum atomic E-state index is -1.14. The van der Waals surface area contributed by atoms with Gasteiger partial charge in [-0.15, -0.1) is 28.5 Å². The Morgan fingerprint density at radius 3 is 1.27 bits per heavy atom. The number of aldehydes is 2. The predicted octanol–water partition coefficient (Wildman–Crippen LogP) is 1.85. The number of hydrogen-bond acceptors (Lipinski definition) is 26. The molecule has 0 fully saturated rings. The molecule has 7 rings (SSSR count). The number of allylic oxidation sites excluding steroid dienone is 1. The molecule has 0 atom stereocenters. The molecule has 0 aliphatic carbocycles. The van der Waals surface area contributed by atoms with E-state index in [1.807, 2.05) is 105 Å². The maximum Gasteiger partial charge on any atom is 1.00 e. The number of fused-ring (bicyclic) bond motifs is 1. The third kappa shape index (κ3) is 134. The molecule has 636 valence electrons. The van der Waals surface area contributed by atoms with Crippen molar-refractivity contribution < 1.29 is 290 Å². The molecule has 0 aromatic carbocycles. The van der Waals surface area contributed by atoms with Gasteiger partial charge in [0.1, 0.15) is 12.2 Å². The van der Waals surface area contributed by atoms with E-state index in [0.717, 1.165) is 79.9 Å². The number of nitrogens with one attached hydrogen (secondary N) is 5. The average Bonchev–Trinajstić information content (AvgIpc) is 1.72. The molecular weight excluding hydrogens is 1730 g/mol. The van der Waals surface area contributed by atoms with Gasteiger partial charge in [-0.1, -0.05) is 88.2 Å². The number of alkyl halides is 3. The van der Waals surface area contributed by atoms with E-state index in [9.17, 15) is 64.0 Å². The monoisotopic (exact) mass is 1840 g/mol. The number of aliphatic hydroxyl groups excluding tert-OH is 2. The number of carboxylic acid groups (broad SMARTS) is 2. The minimum Gasteiger partial charge on any atom is -1.00 e. The number of oxime groups is 1. The van der Waals surface area contributed by atoms with Crippen molar-refractivity contribution in [3.8, 4) is 0 Å². The van der Waals surface area contributed by atoms with E-state index in [-0.39, 0.29) is 272 Å². The van der Waals surface area contributed by atoms with E-state index in [2.05, 4.69) is 46.5 Å². The van der Waals surface area contributed by atoms with Crippen LogP contribution < -0.4 is 173 Å². The molecule has 0 saturated heterocycles. The Hall–Kier alpha value is -4.67. The van der Waals surface area contributed by atoms with Crippen LogP contribution >= 0.6 is 31.5 Å². The van der Waals surface area contributed by atoms with Crippen LogP contribution in [-0.4, -0.2) is 162 Å². The normalized spacial score (nSPS) is 8.77. The van der Waals surface area contributed by atoms with Crippen molar-refractivity contribution in [3.05, 3.63) is 214 Å². The Bertz CT molecular complexity index is 2980. The number of ketones is 1. The van der Waals surface area contributed by atoms with Gasteiger partial charge >= 0.3 is 185 Å². The second-order valence-corrected chi connectivity index (χ2v) is 17.4. The second kappa shape index (κ2) is 136. The molecule has 0 radical (unpaired) electrons. The van der Waals surface area contributed by atoms with Gasteiger partial charge in [0, 0.05) is 155 Å². The fourth-order valence-corrected chi connectivity index (χ4v) is 5.78. The van der Waals surface area contributed by atoms with Crippen molar-refractivity contribution in [1.82, 2.24) is 35.6 Å². The van der Waals surface area contributed by atoms with Crippen LogP contribution in [-0.2, 0) is 73.0 Å². The number of Topliss-reactive ketones (excluding diaryl/α,β-unsaturated/α-hetero) is 1. The maximum atomic E-state index is 10.9. The topological polar surface area (TPSA) is 658 Å². The molecule has 6 aromatic heterocycles. The number of aliphatic carboxylic acids is 2. The first-order chi connectivity index (χ1) is 50.3. The Labute approximate surface area is 818 Å². The summed E-state index contributed by atoms with van der Waals surface area (Å²) < 4.78 is 34.3. The summed E-state index contributed by atoms with van der Waals surface area (Å²) >= 11 is 9.53. The zero-order valence-corrected chi connectivity index (χ0v) is 80.6. The van der Waals surface area contributed by atoms with E-state index in [4.69, 9.17) is 84.3 Å². The van der Waals surface area contributed by atoms with Crippen LogP contribution in [0, 0.1) is 58.0 Å². The van der Waals surface area contributed by atoms with Crippen LogP contribution in [0.4, 0.5) is 4.39 Å². The number of rotatable bonds is 21. The number of aromatic nitrogens is 6. The molecular formula is C65H115Cl2FK2N13Na2O26PPd. The maximum absolute atomic E-state index is 10.9. The fourth-order valence-electron chi connectivity index (χ4n) is 5.78. The molecule has 6 aromatic rings. The molecule has 39 nitrogen and oxygen atoms in total. The number of nitro groups is 4. The number of hydrogen-bond donors (Lipinski definition) is 11. The van der Waals surface area contributed by atoms with Crippen LogP contribution in [0.5, 0.6) is 0 Å². The summed E-state index contributed by atoms with van der Waals surface area (Å²) in [6.45, 7) is 20.8. The van der Waals surface area contributed by atoms with Crippen LogP contribution in [0.2, 0.25) is 0 Å². The molecule has 1 aliphatic rings. The van der Waals surface area contributed by atoms with Gasteiger partial charge in [0.25, 0.3) is 18.1 Å². The predicted molar refractivity (Wildman–Crippen MR) is 415 cm³/mol. The van der Waals surface area contributed by atoms with Gasteiger partial charge in [-0.2, -0.15) is 0 Å². The van der Waals surface area contributed by atoms with Gasteiger partial charge in [0.2, 0.25) is 18.8 Å². The van der Waals surface area contributed by atoms with Crippen molar-refractivity contribution in [2.24, 2.45) is 10.5 Å². The summed E-state index contributed by atoms with van der Waals surface area (Å²) in [6.07, 6.45) is 20.4. The molecule has 113 heavy (non-hydrogen) atoms. The summed E-state index contributed by atoms with van der Waals surface area (Å²) in [6, 6.07) is 22.0. The van der Waals surface area contributed by atoms with Crippen molar-refractivity contribution in [1.29, 1.82) is 0 Å². The second-order valence-electron chi connectivity index (χ2n) is 16.5. The zero-order valence-electron chi connectivity index (χ0n) is 69.4. The van der Waals surface area contributed by atoms with E-state index in [1.54, 1.807) is 73.3 Å². The van der Waals surface area contributed by atoms with Crippen LogP contribution in [0.15, 0.2) is 132 Å². The Morgan fingerprint density at radius 2 is 1.04 bits per heavy atom. The molecule has 0 spiro atoms. The van der Waals surface area contributed by atoms with Crippen LogP contribution in [0.25, 0.3) is 12.2 Å². The van der Waals surface area contributed by atoms with Crippen molar-refractivity contribution in [3.63, 3.8) is 0 Å². The van der Waals surface area contributed by atoms with E-state index in [0.29, 0.717) is 42.1 Å². The fraction of sp³-hybridized carbons (Fsp3) is 0.446. The Kier molecular flexibility index (Phi) is 189. The van der Waals surface area contributed by atoms with Gasteiger partial charge in [0.05, 0.1) is 53.8 Å². The Balaban J connectivity index is -0.0000000413. The number of carbonyl (C=O) groups excluding carboxylic acids is 4. The SMILES string of the molecule is C.CC.CC.CC.CC.CC(=O)O.CCC/C(=C\c1ccc[nH]1)[N+](=O)[O-].CCC/C(Cc1ccc[nH]1)=N\O.ClCCl.N.O.O=C(O)CC[N+](=O)[O-].O=C1CCn2cccc2C1.O=CO[O-].O=Cc1ccc[nH]1.O=Cc1ccc[nH]1.O=N[O-].O=[N+]([O-])/C(=C/c1ccc[nH]1)CCO.O=[N+]([O-])CCCO.O=[P+]=O.[2H]CF.[CH3-].[H-].[H-].[K+].[K+].[Na+].[Na+].[Pd]. The van der Waals surface area contributed by atoms with E-state index < -0.39 is 55.2 Å². The number of H-pyrrole nitrogens is 5. The largest absolute Gasteiger partial charge is 1.00 e. The third-order valence-electron chi connectivity index (χ3n) is 9.45. The number of nitrogens with zero attached hydrogens (tertiary/aromatic N) is 7. The van der Waals surface area contributed by atoms with E-state index in [1.165, 1.54) is 6.08 Å². The van der Waals surface area contributed by atoms with Gasteiger partial charge < -0.3 is 97.3 Å². The van der Waals surface area contributed by atoms with Gasteiger partial charge in [0.15, 0.2) is 12.6 Å². The van der Waals surface area contributed by atoms with E-state index >= 15 is 0 Å². The minimum absolute atomic E-state index is 0. The quantitative estimate of drug-likeness (QED) is 0.00418. The standard InChI is InChI=1S/C9H12N2O2.C9H14N2O.C8H10N2O3.C8H9NO.2C5H5NO.C3H5NO4.C3H7NO3.C2H4O2.4C2H6.CH2Cl2.CH3F.CH2O3.CH4.CH3.2K.HNO2.H3N.2Na.O2P.H2O.Pd.2H/c1-2-4-9(11(12)13)7-8-5-3-6-10-8;1-2-4-9(11-12)7-8-5-3-6-10-8;11-5-3-8(10(12)13)6-7-2-1-4-9-7;10-8-3-5-9-4-1-2-7(9)6-8;2*7-4-5-2-1-3-6-5;5-3(6)1-2-4(7)8;5-3-1-2-4(6)7;1-2(3)4;4*1-2;2-1-3;1-2;2-1-4-3;;;;;2-1-3;;;;1-3-2;;;;/h3,5-7,10H,2,4H2,1H3;3,5-6,10,12H,2,4,7H2,1H3;1-2,4,6,9,11H,3,5H2;1-2,4H,3,5-6H2;2*1-4,6H;1-2H2,(H,5,6);5H,1-3H2;1H3,(H,3,4);4*1-2H3;1H2;1H3;1,3H;1H4;1H3;;;(H,2,3);1H3;;;;1H2;;;/q;;;;;;;;;;;;;;;;;-1;2*+1;;;3*+1;;;2*-1/p-2/b9-7+;11-9+;8-6+;;;;;;;;;;;;;;;;;;;;;;;;;;/i;;;;;;;;;;;;;;1D;;;;;;;;;;;;;;. The molecule has 0 bridgehead atoms.